The van der Waals surface area contributed by atoms with Crippen LogP contribution in [0.1, 0.15) is 74.2 Å². The zero-order valence-corrected chi connectivity index (χ0v) is 13.0. The number of fused-ring (bicyclic) bond motifs is 1. The van der Waals surface area contributed by atoms with E-state index in [4.69, 9.17) is 0 Å². The van der Waals surface area contributed by atoms with Gasteiger partial charge < -0.3 is 10.4 Å². The standard InChI is InChI=1S/C18H25NO2/c1-3-14-15-10-13(9-11(2)16(15)19-18(14)21)17(20)12-7-5-4-6-8-12/h9-10,12,14,17,20H,3-8H2,1-2H3,(H,19,21). The van der Waals surface area contributed by atoms with Crippen molar-refractivity contribution < 1.29 is 9.90 Å². The molecule has 2 unspecified atom stereocenters. The molecule has 1 saturated carbocycles. The molecule has 2 N–H and O–H groups in total. The highest BCUT2D eigenvalue weighted by molar-refractivity contribution is 6.03. The molecule has 21 heavy (non-hydrogen) atoms. The largest absolute Gasteiger partial charge is 0.388 e. The van der Waals surface area contributed by atoms with Crippen LogP contribution in [-0.2, 0) is 4.79 Å². The summed E-state index contributed by atoms with van der Waals surface area (Å²) in [4.78, 5) is 12.0. The molecule has 1 heterocycles. The van der Waals surface area contributed by atoms with E-state index in [0.717, 1.165) is 41.6 Å². The summed E-state index contributed by atoms with van der Waals surface area (Å²) in [5.41, 5.74) is 4.11. The van der Waals surface area contributed by atoms with Gasteiger partial charge in [0.1, 0.15) is 0 Å². The number of carbonyl (C=O) groups excluding carboxylic acids is 1. The van der Waals surface area contributed by atoms with Crippen molar-refractivity contribution in [3.05, 3.63) is 28.8 Å². The number of rotatable bonds is 3. The summed E-state index contributed by atoms with van der Waals surface area (Å²) in [6.07, 6.45) is 6.40. The van der Waals surface area contributed by atoms with E-state index in [2.05, 4.69) is 17.4 Å². The Balaban J connectivity index is 1.92. The maximum atomic E-state index is 12.0. The van der Waals surface area contributed by atoms with Gasteiger partial charge in [0.2, 0.25) is 5.91 Å². The smallest absolute Gasteiger partial charge is 0.232 e. The van der Waals surface area contributed by atoms with E-state index in [1.807, 2.05) is 13.8 Å². The predicted octanol–water partition coefficient (Wildman–Crippen LogP) is 4.05. The van der Waals surface area contributed by atoms with Gasteiger partial charge >= 0.3 is 0 Å². The van der Waals surface area contributed by atoms with Crippen LogP contribution in [0.5, 0.6) is 0 Å². The van der Waals surface area contributed by atoms with E-state index in [9.17, 15) is 9.90 Å². The molecule has 3 heteroatoms. The molecule has 0 aromatic heterocycles. The van der Waals surface area contributed by atoms with E-state index in [0.29, 0.717) is 5.92 Å². The quantitative estimate of drug-likeness (QED) is 0.881. The minimum absolute atomic E-state index is 0.0581. The molecule has 1 aliphatic heterocycles. The van der Waals surface area contributed by atoms with Crippen LogP contribution in [0.15, 0.2) is 12.1 Å². The van der Waals surface area contributed by atoms with Crippen molar-refractivity contribution in [2.45, 2.75) is 64.4 Å². The van der Waals surface area contributed by atoms with Gasteiger partial charge in [0, 0.05) is 5.69 Å². The number of amides is 1. The van der Waals surface area contributed by atoms with Gasteiger partial charge in [-0.25, -0.2) is 0 Å². The lowest BCUT2D eigenvalue weighted by atomic mass is 9.81. The molecule has 0 radical (unpaired) electrons. The highest BCUT2D eigenvalue weighted by atomic mass is 16.3. The number of anilines is 1. The Kier molecular flexibility index (Phi) is 4.03. The molecule has 1 fully saturated rings. The molecule has 3 nitrogen and oxygen atoms in total. The van der Waals surface area contributed by atoms with Crippen LogP contribution in [0.25, 0.3) is 0 Å². The molecule has 0 spiro atoms. The number of nitrogens with one attached hydrogen (secondary N) is 1. The topological polar surface area (TPSA) is 49.3 Å². The lowest BCUT2D eigenvalue weighted by Gasteiger charge is -2.27. The van der Waals surface area contributed by atoms with Crippen molar-refractivity contribution >= 4 is 11.6 Å². The fraction of sp³-hybridized carbons (Fsp3) is 0.611. The first kappa shape index (κ1) is 14.6. The molecule has 3 rings (SSSR count). The number of aliphatic hydroxyl groups excluding tert-OH is 1. The first-order chi connectivity index (χ1) is 10.1. The fourth-order valence-corrected chi connectivity index (χ4v) is 3.94. The van der Waals surface area contributed by atoms with Crippen LogP contribution in [0, 0.1) is 12.8 Å². The van der Waals surface area contributed by atoms with Gasteiger partial charge in [0.15, 0.2) is 0 Å². The van der Waals surface area contributed by atoms with Crippen LogP contribution >= 0.6 is 0 Å². The van der Waals surface area contributed by atoms with Gasteiger partial charge in [-0.05, 0) is 48.8 Å². The van der Waals surface area contributed by atoms with Crippen molar-refractivity contribution in [1.82, 2.24) is 0 Å². The summed E-state index contributed by atoms with van der Waals surface area (Å²) in [6, 6.07) is 4.12. The lowest BCUT2D eigenvalue weighted by molar-refractivity contribution is -0.117. The van der Waals surface area contributed by atoms with Crippen LogP contribution < -0.4 is 5.32 Å². The van der Waals surface area contributed by atoms with Crippen molar-refractivity contribution in [3.63, 3.8) is 0 Å². The number of hydrogen-bond donors (Lipinski definition) is 2. The average molecular weight is 287 g/mol. The first-order valence-electron chi connectivity index (χ1n) is 8.25. The molecule has 0 saturated heterocycles. The Morgan fingerprint density at radius 1 is 1.29 bits per heavy atom. The summed E-state index contributed by atoms with van der Waals surface area (Å²) in [5.74, 6) is 0.415. The predicted molar refractivity (Wildman–Crippen MR) is 84.4 cm³/mol. The van der Waals surface area contributed by atoms with E-state index in [1.54, 1.807) is 0 Å². The number of carbonyl (C=O) groups is 1. The van der Waals surface area contributed by atoms with E-state index in [1.165, 1.54) is 19.3 Å². The number of aliphatic hydroxyl groups is 1. The summed E-state index contributed by atoms with van der Waals surface area (Å²) in [7, 11) is 0. The summed E-state index contributed by atoms with van der Waals surface area (Å²) in [6.45, 7) is 4.06. The van der Waals surface area contributed by atoms with Gasteiger partial charge in [0.05, 0.1) is 12.0 Å². The van der Waals surface area contributed by atoms with Crippen molar-refractivity contribution in [3.8, 4) is 0 Å². The molecule has 1 aliphatic carbocycles. The fourth-order valence-electron chi connectivity index (χ4n) is 3.94. The Bertz CT molecular complexity index is 546. The molecule has 1 aromatic rings. The Labute approximate surface area is 126 Å². The Morgan fingerprint density at radius 2 is 2.00 bits per heavy atom. The third kappa shape index (κ3) is 2.59. The van der Waals surface area contributed by atoms with Crippen molar-refractivity contribution in [1.29, 1.82) is 0 Å². The second kappa shape index (κ2) is 5.80. The van der Waals surface area contributed by atoms with Gasteiger partial charge in [-0.2, -0.15) is 0 Å². The first-order valence-corrected chi connectivity index (χ1v) is 8.25. The molecular weight excluding hydrogens is 262 g/mol. The highest BCUT2D eigenvalue weighted by Crippen LogP contribution is 2.41. The summed E-state index contributed by atoms with van der Waals surface area (Å²) in [5, 5.41) is 13.7. The van der Waals surface area contributed by atoms with Crippen molar-refractivity contribution in [2.75, 3.05) is 5.32 Å². The zero-order chi connectivity index (χ0) is 15.0. The third-order valence-corrected chi connectivity index (χ3v) is 5.17. The molecule has 0 bridgehead atoms. The maximum absolute atomic E-state index is 12.0. The molecule has 114 valence electrons. The summed E-state index contributed by atoms with van der Waals surface area (Å²) < 4.78 is 0. The Morgan fingerprint density at radius 3 is 2.67 bits per heavy atom. The third-order valence-electron chi connectivity index (χ3n) is 5.17. The minimum atomic E-state index is -0.387. The van der Waals surface area contributed by atoms with Gasteiger partial charge in [-0.15, -0.1) is 0 Å². The van der Waals surface area contributed by atoms with Crippen molar-refractivity contribution in [2.24, 2.45) is 5.92 Å². The SMILES string of the molecule is CCC1C(=O)Nc2c(C)cc(C(O)C3CCCCC3)cc21. The highest BCUT2D eigenvalue weighted by Gasteiger charge is 2.32. The van der Waals surface area contributed by atoms with E-state index < -0.39 is 0 Å². The number of hydrogen-bond acceptors (Lipinski definition) is 2. The number of benzene rings is 1. The second-order valence-corrected chi connectivity index (χ2v) is 6.60. The van der Waals surface area contributed by atoms with Crippen LogP contribution in [-0.4, -0.2) is 11.0 Å². The summed E-state index contributed by atoms with van der Waals surface area (Å²) >= 11 is 0. The monoisotopic (exact) mass is 287 g/mol. The number of aryl methyl sites for hydroxylation is 1. The molecule has 1 aromatic carbocycles. The van der Waals surface area contributed by atoms with E-state index >= 15 is 0 Å². The Hall–Kier alpha value is -1.35. The van der Waals surface area contributed by atoms with E-state index in [-0.39, 0.29) is 17.9 Å². The lowest BCUT2D eigenvalue weighted by Crippen LogP contribution is -2.16. The minimum Gasteiger partial charge on any atom is -0.388 e. The van der Waals surface area contributed by atoms with Gasteiger partial charge in [-0.1, -0.05) is 38.3 Å². The average Bonchev–Trinajstić information content (AvgIpc) is 2.83. The molecular formula is C18H25NO2. The molecule has 2 atom stereocenters. The van der Waals surface area contributed by atoms with Crippen LogP contribution in [0.2, 0.25) is 0 Å². The van der Waals surface area contributed by atoms with Crippen LogP contribution in [0.3, 0.4) is 0 Å². The van der Waals surface area contributed by atoms with Gasteiger partial charge in [-0.3, -0.25) is 4.79 Å². The maximum Gasteiger partial charge on any atom is 0.232 e. The van der Waals surface area contributed by atoms with Crippen LogP contribution in [0.4, 0.5) is 5.69 Å². The normalized spacial score (nSPS) is 23.8. The zero-order valence-electron chi connectivity index (χ0n) is 13.0. The van der Waals surface area contributed by atoms with Gasteiger partial charge in [0.25, 0.3) is 0 Å². The molecule has 2 aliphatic rings. The molecule has 1 amide bonds. The second-order valence-electron chi connectivity index (χ2n) is 6.60.